The molecule has 0 aliphatic rings. The first kappa shape index (κ1) is 21.6. The van der Waals surface area contributed by atoms with E-state index in [2.05, 4.69) is 16.5 Å². The number of imidazole rings is 1. The molecular weight excluding hydrogens is 339 g/mol. The van der Waals surface area contributed by atoms with Crippen LogP contribution >= 0.6 is 0 Å². The highest BCUT2D eigenvalue weighted by atomic mass is 19.1. The van der Waals surface area contributed by atoms with Gasteiger partial charge in [-0.25, -0.2) is 9.37 Å². The van der Waals surface area contributed by atoms with Gasteiger partial charge in [-0.1, -0.05) is 58.3 Å². The number of halogens is 1. The predicted octanol–water partition coefficient (Wildman–Crippen LogP) is 6.22. The fourth-order valence-electron chi connectivity index (χ4n) is 3.45. The SMILES string of the molecule is CC(CO)CCCCCCCCCCCn1ccnc1-c1ccc(F)cc1. The van der Waals surface area contributed by atoms with Crippen molar-refractivity contribution in [1.82, 2.24) is 9.55 Å². The van der Waals surface area contributed by atoms with Crippen LogP contribution in [0.15, 0.2) is 36.7 Å². The molecule has 27 heavy (non-hydrogen) atoms. The summed E-state index contributed by atoms with van der Waals surface area (Å²) in [5, 5.41) is 9.00. The number of hydrogen-bond donors (Lipinski definition) is 1. The second-order valence-corrected chi connectivity index (χ2v) is 7.71. The highest BCUT2D eigenvalue weighted by Crippen LogP contribution is 2.19. The molecule has 1 aromatic heterocycles. The topological polar surface area (TPSA) is 38.0 Å². The Morgan fingerprint density at radius 2 is 1.52 bits per heavy atom. The van der Waals surface area contributed by atoms with Crippen LogP contribution in [0.1, 0.15) is 71.1 Å². The van der Waals surface area contributed by atoms with Crippen LogP contribution in [0.5, 0.6) is 0 Å². The third-order valence-corrected chi connectivity index (χ3v) is 5.23. The minimum atomic E-state index is -0.212. The van der Waals surface area contributed by atoms with Crippen molar-refractivity contribution in [2.75, 3.05) is 6.61 Å². The molecule has 0 fully saturated rings. The molecule has 1 aromatic carbocycles. The van der Waals surface area contributed by atoms with Crippen molar-refractivity contribution < 1.29 is 9.50 Å². The number of nitrogens with zero attached hydrogens (tertiary/aromatic N) is 2. The number of aromatic nitrogens is 2. The Balaban J connectivity index is 1.52. The van der Waals surface area contributed by atoms with E-state index in [1.165, 1.54) is 63.5 Å². The summed E-state index contributed by atoms with van der Waals surface area (Å²) in [6.07, 6.45) is 16.6. The quantitative estimate of drug-likeness (QED) is 0.399. The number of benzene rings is 1. The normalized spacial score (nSPS) is 12.4. The molecule has 0 saturated heterocycles. The van der Waals surface area contributed by atoms with E-state index < -0.39 is 0 Å². The van der Waals surface area contributed by atoms with Gasteiger partial charge in [-0.05, 0) is 43.0 Å². The zero-order valence-electron chi connectivity index (χ0n) is 16.7. The van der Waals surface area contributed by atoms with Crippen molar-refractivity contribution in [2.24, 2.45) is 5.92 Å². The summed E-state index contributed by atoms with van der Waals surface area (Å²) in [5.74, 6) is 1.17. The van der Waals surface area contributed by atoms with E-state index in [1.54, 1.807) is 12.1 Å². The van der Waals surface area contributed by atoms with Gasteiger partial charge in [0, 0.05) is 31.1 Å². The van der Waals surface area contributed by atoms with Crippen LogP contribution in [-0.2, 0) is 6.54 Å². The number of hydrogen-bond acceptors (Lipinski definition) is 2. The molecule has 1 atom stereocenters. The van der Waals surface area contributed by atoms with Gasteiger partial charge in [-0.3, -0.25) is 0 Å². The lowest BCUT2D eigenvalue weighted by Crippen LogP contribution is -2.00. The number of aryl methyl sites for hydroxylation is 1. The van der Waals surface area contributed by atoms with E-state index in [1.807, 2.05) is 12.4 Å². The number of rotatable bonds is 14. The maximum Gasteiger partial charge on any atom is 0.139 e. The van der Waals surface area contributed by atoms with E-state index in [0.29, 0.717) is 12.5 Å². The van der Waals surface area contributed by atoms with E-state index in [9.17, 15) is 4.39 Å². The van der Waals surface area contributed by atoms with Gasteiger partial charge in [-0.15, -0.1) is 0 Å². The fraction of sp³-hybridized carbons (Fsp3) is 0.609. The Bertz CT molecular complexity index is 624. The van der Waals surface area contributed by atoms with Crippen LogP contribution in [0, 0.1) is 11.7 Å². The number of aliphatic hydroxyl groups is 1. The lowest BCUT2D eigenvalue weighted by Gasteiger charge is -2.08. The van der Waals surface area contributed by atoms with E-state index in [-0.39, 0.29) is 5.82 Å². The second-order valence-electron chi connectivity index (χ2n) is 7.71. The van der Waals surface area contributed by atoms with Gasteiger partial charge in [0.05, 0.1) is 0 Å². The van der Waals surface area contributed by atoms with Crippen molar-refractivity contribution in [2.45, 2.75) is 77.7 Å². The average molecular weight is 375 g/mol. The molecule has 0 spiro atoms. The highest BCUT2D eigenvalue weighted by Gasteiger charge is 2.06. The third-order valence-electron chi connectivity index (χ3n) is 5.23. The van der Waals surface area contributed by atoms with Crippen LogP contribution in [0.4, 0.5) is 4.39 Å². The van der Waals surface area contributed by atoms with Crippen LogP contribution in [0.3, 0.4) is 0 Å². The van der Waals surface area contributed by atoms with Crippen LogP contribution in [-0.4, -0.2) is 21.3 Å². The summed E-state index contributed by atoms with van der Waals surface area (Å²) < 4.78 is 15.2. The predicted molar refractivity (Wildman–Crippen MR) is 110 cm³/mol. The summed E-state index contributed by atoms with van der Waals surface area (Å²) in [6, 6.07) is 6.56. The van der Waals surface area contributed by atoms with Gasteiger partial charge in [0.15, 0.2) is 0 Å². The van der Waals surface area contributed by atoms with E-state index in [4.69, 9.17) is 5.11 Å². The smallest absolute Gasteiger partial charge is 0.139 e. The number of unbranched alkanes of at least 4 members (excludes halogenated alkanes) is 8. The van der Waals surface area contributed by atoms with Gasteiger partial charge in [0.1, 0.15) is 11.6 Å². The Kier molecular flexibility index (Phi) is 10.1. The van der Waals surface area contributed by atoms with Gasteiger partial charge in [-0.2, -0.15) is 0 Å². The molecule has 1 heterocycles. The van der Waals surface area contributed by atoms with E-state index >= 15 is 0 Å². The Hall–Kier alpha value is -1.68. The molecule has 1 N–H and O–H groups in total. The van der Waals surface area contributed by atoms with Crippen LogP contribution < -0.4 is 0 Å². The molecule has 4 heteroatoms. The van der Waals surface area contributed by atoms with Gasteiger partial charge >= 0.3 is 0 Å². The summed E-state index contributed by atoms with van der Waals surface area (Å²) >= 11 is 0. The van der Waals surface area contributed by atoms with Crippen molar-refractivity contribution in [3.05, 3.63) is 42.5 Å². The molecule has 0 bridgehead atoms. The molecule has 2 aromatic rings. The first-order valence-corrected chi connectivity index (χ1v) is 10.6. The van der Waals surface area contributed by atoms with Crippen molar-refractivity contribution in [1.29, 1.82) is 0 Å². The zero-order chi connectivity index (χ0) is 19.3. The minimum Gasteiger partial charge on any atom is -0.396 e. The minimum absolute atomic E-state index is 0.212. The van der Waals surface area contributed by atoms with Crippen LogP contribution in [0.2, 0.25) is 0 Å². The molecule has 2 rings (SSSR count). The molecule has 0 aliphatic heterocycles. The Labute approximate surface area is 163 Å². The second kappa shape index (κ2) is 12.7. The summed E-state index contributed by atoms with van der Waals surface area (Å²) in [7, 11) is 0. The third kappa shape index (κ3) is 8.25. The van der Waals surface area contributed by atoms with E-state index in [0.717, 1.165) is 30.8 Å². The molecule has 0 radical (unpaired) electrons. The van der Waals surface area contributed by atoms with Gasteiger partial charge < -0.3 is 9.67 Å². The van der Waals surface area contributed by atoms with Crippen molar-refractivity contribution in [3.8, 4) is 11.4 Å². The molecule has 0 saturated carbocycles. The first-order chi connectivity index (χ1) is 13.2. The summed E-state index contributed by atoms with van der Waals surface area (Å²) in [5.41, 5.74) is 0.967. The largest absolute Gasteiger partial charge is 0.396 e. The first-order valence-electron chi connectivity index (χ1n) is 10.6. The monoisotopic (exact) mass is 374 g/mol. The van der Waals surface area contributed by atoms with Crippen molar-refractivity contribution >= 4 is 0 Å². The summed E-state index contributed by atoms with van der Waals surface area (Å²) in [4.78, 5) is 4.42. The molecule has 1 unspecified atom stereocenters. The molecule has 0 amide bonds. The molecule has 150 valence electrons. The summed E-state index contributed by atoms with van der Waals surface area (Å²) in [6.45, 7) is 3.41. The average Bonchev–Trinajstić information content (AvgIpc) is 3.15. The van der Waals surface area contributed by atoms with Gasteiger partial charge in [0.2, 0.25) is 0 Å². The Morgan fingerprint density at radius 3 is 2.15 bits per heavy atom. The van der Waals surface area contributed by atoms with Gasteiger partial charge in [0.25, 0.3) is 0 Å². The van der Waals surface area contributed by atoms with Crippen LogP contribution in [0.25, 0.3) is 11.4 Å². The Morgan fingerprint density at radius 1 is 0.926 bits per heavy atom. The maximum absolute atomic E-state index is 13.1. The lowest BCUT2D eigenvalue weighted by atomic mass is 10.0. The highest BCUT2D eigenvalue weighted by molar-refractivity contribution is 5.55. The lowest BCUT2D eigenvalue weighted by molar-refractivity contribution is 0.227. The fourth-order valence-corrected chi connectivity index (χ4v) is 3.45. The molecule has 3 nitrogen and oxygen atoms in total. The molecule has 0 aliphatic carbocycles. The standard InChI is InChI=1S/C23H35FN2O/c1-20(19-27)11-9-7-5-3-2-4-6-8-10-17-26-18-16-25-23(26)21-12-14-22(24)15-13-21/h12-16,18,20,27H,2-11,17,19H2,1H3. The zero-order valence-corrected chi connectivity index (χ0v) is 16.7. The molecular formula is C23H35FN2O. The number of aliphatic hydroxyl groups excluding tert-OH is 1. The maximum atomic E-state index is 13.1. The van der Waals surface area contributed by atoms with Crippen molar-refractivity contribution in [3.63, 3.8) is 0 Å².